The summed E-state index contributed by atoms with van der Waals surface area (Å²) in [4.78, 5) is 13.5. The molecule has 3 nitrogen and oxygen atoms in total. The number of amides is 1. The van der Waals surface area contributed by atoms with Crippen molar-refractivity contribution in [3.63, 3.8) is 0 Å². The maximum atomic E-state index is 12.2. The Hall–Kier alpha value is -1.90. The fourth-order valence-corrected chi connectivity index (χ4v) is 4.54. The first-order valence-corrected chi connectivity index (χ1v) is 9.57. The van der Waals surface area contributed by atoms with E-state index in [4.69, 9.17) is 0 Å². The van der Waals surface area contributed by atoms with Gasteiger partial charge in [0.15, 0.2) is 0 Å². The molecule has 2 aromatic rings. The van der Waals surface area contributed by atoms with E-state index in [0.717, 1.165) is 41.3 Å². The Labute approximate surface area is 154 Å². The van der Waals surface area contributed by atoms with Crippen LogP contribution in [-0.2, 0) is 17.6 Å². The van der Waals surface area contributed by atoms with Crippen LogP contribution in [0.2, 0.25) is 0 Å². The number of nitrogens with zero attached hydrogens (tertiary/aromatic N) is 1. The van der Waals surface area contributed by atoms with Crippen LogP contribution in [0.15, 0.2) is 34.8 Å². The van der Waals surface area contributed by atoms with Crippen molar-refractivity contribution in [2.75, 3.05) is 5.32 Å². The van der Waals surface area contributed by atoms with Crippen molar-refractivity contribution in [1.29, 1.82) is 5.26 Å². The summed E-state index contributed by atoms with van der Waals surface area (Å²) in [6.45, 7) is 0. The number of thiophene rings is 1. The molecule has 1 aromatic heterocycles. The highest BCUT2D eigenvalue weighted by Crippen LogP contribution is 2.36. The molecule has 3 rings (SSSR count). The van der Waals surface area contributed by atoms with Crippen LogP contribution < -0.4 is 5.32 Å². The fourth-order valence-electron chi connectivity index (χ4n) is 2.88. The molecule has 24 heavy (non-hydrogen) atoms. The molecule has 1 N–H and O–H groups in total. The van der Waals surface area contributed by atoms with Crippen LogP contribution in [0.25, 0.3) is 6.08 Å². The molecule has 0 saturated carbocycles. The van der Waals surface area contributed by atoms with Crippen molar-refractivity contribution in [3.8, 4) is 6.07 Å². The number of rotatable bonds is 3. The second-order valence-electron chi connectivity index (χ2n) is 5.76. The molecule has 1 heterocycles. The van der Waals surface area contributed by atoms with Gasteiger partial charge in [0.25, 0.3) is 0 Å². The largest absolute Gasteiger partial charge is 0.313 e. The van der Waals surface area contributed by atoms with E-state index in [2.05, 4.69) is 27.3 Å². The van der Waals surface area contributed by atoms with Gasteiger partial charge in [0.05, 0.1) is 5.56 Å². The van der Waals surface area contributed by atoms with Crippen LogP contribution in [0, 0.1) is 11.3 Å². The zero-order valence-corrected chi connectivity index (χ0v) is 15.5. The average Bonchev–Trinajstić information content (AvgIpc) is 2.73. The van der Waals surface area contributed by atoms with E-state index >= 15 is 0 Å². The maximum absolute atomic E-state index is 12.2. The second-order valence-corrected chi connectivity index (χ2v) is 7.78. The third kappa shape index (κ3) is 3.95. The monoisotopic (exact) mass is 400 g/mol. The molecule has 0 unspecified atom stereocenters. The highest BCUT2D eigenvalue weighted by molar-refractivity contribution is 9.10. The molecule has 1 aromatic carbocycles. The van der Waals surface area contributed by atoms with Crippen molar-refractivity contribution in [2.45, 2.75) is 32.1 Å². The van der Waals surface area contributed by atoms with E-state index in [1.807, 2.05) is 24.3 Å². The fraction of sp³-hybridized carbons (Fsp3) is 0.263. The van der Waals surface area contributed by atoms with Gasteiger partial charge in [-0.15, -0.1) is 11.3 Å². The smallest absolute Gasteiger partial charge is 0.249 e. The third-order valence-electron chi connectivity index (χ3n) is 4.05. The van der Waals surface area contributed by atoms with Gasteiger partial charge in [0.1, 0.15) is 11.1 Å². The third-order valence-corrected chi connectivity index (χ3v) is 5.75. The van der Waals surface area contributed by atoms with Crippen LogP contribution >= 0.6 is 27.3 Å². The number of carbonyl (C=O) groups excluding carboxylic acids is 1. The summed E-state index contributed by atoms with van der Waals surface area (Å²) in [6, 6.07) is 10.0. The van der Waals surface area contributed by atoms with Crippen molar-refractivity contribution < 1.29 is 4.79 Å². The summed E-state index contributed by atoms with van der Waals surface area (Å²) in [5.41, 5.74) is 2.74. The summed E-state index contributed by atoms with van der Waals surface area (Å²) in [7, 11) is 0. The first kappa shape index (κ1) is 16.9. The highest BCUT2D eigenvalue weighted by Gasteiger charge is 2.20. The van der Waals surface area contributed by atoms with Crippen LogP contribution in [-0.4, -0.2) is 5.91 Å². The van der Waals surface area contributed by atoms with E-state index in [9.17, 15) is 10.1 Å². The number of carbonyl (C=O) groups is 1. The molecule has 0 spiro atoms. The van der Waals surface area contributed by atoms with Crippen molar-refractivity contribution >= 4 is 44.3 Å². The molecule has 0 aliphatic heterocycles. The lowest BCUT2D eigenvalue weighted by molar-refractivity contribution is -0.111. The van der Waals surface area contributed by atoms with Gasteiger partial charge in [0.2, 0.25) is 5.91 Å². The minimum atomic E-state index is -0.206. The first-order valence-electron chi connectivity index (χ1n) is 7.96. The number of anilines is 1. The number of halogens is 1. The molecular formula is C19H17BrN2OS. The van der Waals surface area contributed by atoms with E-state index in [0.29, 0.717) is 10.6 Å². The zero-order chi connectivity index (χ0) is 16.9. The average molecular weight is 401 g/mol. The summed E-state index contributed by atoms with van der Waals surface area (Å²) in [6.07, 6.45) is 8.72. The Morgan fingerprint density at radius 1 is 1.29 bits per heavy atom. The molecule has 1 amide bonds. The summed E-state index contributed by atoms with van der Waals surface area (Å²) in [5, 5.41) is 13.1. The standard InChI is InChI=1S/C19H17BrN2OS/c20-14-6-4-5-13(11-14)9-10-18(23)22-19-16(12-21)15-7-2-1-3-8-17(15)24-19/h4-6,9-11H,1-3,7-8H2,(H,22,23). The van der Waals surface area contributed by atoms with Crippen LogP contribution in [0.3, 0.4) is 0 Å². The van der Waals surface area contributed by atoms with Gasteiger partial charge in [-0.05, 0) is 55.0 Å². The van der Waals surface area contributed by atoms with Gasteiger partial charge in [0, 0.05) is 15.4 Å². The molecule has 0 fully saturated rings. The Morgan fingerprint density at radius 3 is 2.92 bits per heavy atom. The molecule has 0 atom stereocenters. The molecule has 1 aliphatic carbocycles. The molecule has 0 bridgehead atoms. The van der Waals surface area contributed by atoms with Gasteiger partial charge in [-0.25, -0.2) is 0 Å². The number of hydrogen-bond donors (Lipinski definition) is 1. The Balaban J connectivity index is 1.76. The molecule has 0 radical (unpaired) electrons. The molecule has 0 saturated heterocycles. The number of benzene rings is 1. The molecule has 122 valence electrons. The van der Waals surface area contributed by atoms with Crippen LogP contribution in [0.1, 0.15) is 40.8 Å². The SMILES string of the molecule is N#Cc1c(NC(=O)C=Cc2cccc(Br)c2)sc2c1CCCCC2. The molecule has 5 heteroatoms. The van der Waals surface area contributed by atoms with Crippen LogP contribution in [0.5, 0.6) is 0 Å². The Kier molecular flexibility index (Phi) is 5.49. The van der Waals surface area contributed by atoms with Crippen molar-refractivity contribution in [3.05, 3.63) is 56.4 Å². The predicted molar refractivity (Wildman–Crippen MR) is 102 cm³/mol. The second kappa shape index (κ2) is 7.78. The zero-order valence-electron chi connectivity index (χ0n) is 13.1. The summed E-state index contributed by atoms with van der Waals surface area (Å²) in [5.74, 6) is -0.206. The van der Waals surface area contributed by atoms with Crippen molar-refractivity contribution in [2.24, 2.45) is 0 Å². The van der Waals surface area contributed by atoms with Gasteiger partial charge < -0.3 is 5.32 Å². The van der Waals surface area contributed by atoms with E-state index in [1.165, 1.54) is 17.4 Å². The normalized spacial score (nSPS) is 14.0. The lowest BCUT2D eigenvalue weighted by Gasteiger charge is -2.01. The number of nitriles is 1. The van der Waals surface area contributed by atoms with E-state index in [1.54, 1.807) is 17.4 Å². The lowest BCUT2D eigenvalue weighted by Crippen LogP contribution is -2.07. The maximum Gasteiger partial charge on any atom is 0.249 e. The minimum absolute atomic E-state index is 0.206. The molecular weight excluding hydrogens is 384 g/mol. The van der Waals surface area contributed by atoms with Gasteiger partial charge in [-0.1, -0.05) is 34.5 Å². The van der Waals surface area contributed by atoms with Gasteiger partial charge >= 0.3 is 0 Å². The summed E-state index contributed by atoms with van der Waals surface area (Å²) < 4.78 is 0.971. The van der Waals surface area contributed by atoms with Gasteiger partial charge in [-0.3, -0.25) is 4.79 Å². The van der Waals surface area contributed by atoms with Crippen LogP contribution in [0.4, 0.5) is 5.00 Å². The minimum Gasteiger partial charge on any atom is -0.313 e. The first-order chi connectivity index (χ1) is 11.7. The number of nitrogens with one attached hydrogen (secondary N) is 1. The Bertz CT molecular complexity index is 832. The van der Waals surface area contributed by atoms with E-state index in [-0.39, 0.29) is 5.91 Å². The number of fused-ring (bicyclic) bond motifs is 1. The highest BCUT2D eigenvalue weighted by atomic mass is 79.9. The number of aryl methyl sites for hydroxylation is 1. The summed E-state index contributed by atoms with van der Waals surface area (Å²) >= 11 is 4.97. The predicted octanol–water partition coefficient (Wildman–Crippen LogP) is 5.30. The quantitative estimate of drug-likeness (QED) is 0.560. The van der Waals surface area contributed by atoms with Gasteiger partial charge in [-0.2, -0.15) is 5.26 Å². The number of hydrogen-bond acceptors (Lipinski definition) is 3. The topological polar surface area (TPSA) is 52.9 Å². The van der Waals surface area contributed by atoms with Crippen molar-refractivity contribution in [1.82, 2.24) is 0 Å². The Morgan fingerprint density at radius 2 is 2.12 bits per heavy atom. The van der Waals surface area contributed by atoms with E-state index < -0.39 is 0 Å². The lowest BCUT2D eigenvalue weighted by atomic mass is 10.1. The molecule has 1 aliphatic rings.